The molecular weight excluding hydrogens is 214 g/mol. The lowest BCUT2D eigenvalue weighted by atomic mass is 9.92. The number of aliphatic hydroxyl groups excluding tert-OH is 1. The van der Waals surface area contributed by atoms with Crippen LogP contribution in [0.5, 0.6) is 0 Å². The summed E-state index contributed by atoms with van der Waals surface area (Å²) in [4.78, 5) is 0. The monoisotopic (exact) mass is 237 g/mol. The van der Waals surface area contributed by atoms with Gasteiger partial charge in [-0.25, -0.2) is 0 Å². The summed E-state index contributed by atoms with van der Waals surface area (Å²) in [5, 5.41) is 13.0. The van der Waals surface area contributed by atoms with Gasteiger partial charge in [-0.2, -0.15) is 0 Å². The predicted octanol–water partition coefficient (Wildman–Crippen LogP) is 1.91. The third kappa shape index (κ3) is 4.11. The summed E-state index contributed by atoms with van der Waals surface area (Å²) in [7, 11) is 1.69. The van der Waals surface area contributed by atoms with Crippen LogP contribution in [0.2, 0.25) is 0 Å². The Balaban J connectivity index is 2.75. The highest BCUT2D eigenvalue weighted by Crippen LogP contribution is 2.20. The van der Waals surface area contributed by atoms with Crippen molar-refractivity contribution < 1.29 is 9.84 Å². The van der Waals surface area contributed by atoms with Crippen LogP contribution in [0.1, 0.15) is 25.8 Å². The fourth-order valence-electron chi connectivity index (χ4n) is 1.82. The van der Waals surface area contributed by atoms with Gasteiger partial charge in [-0.1, -0.05) is 37.3 Å². The van der Waals surface area contributed by atoms with Gasteiger partial charge in [-0.15, -0.1) is 0 Å². The van der Waals surface area contributed by atoms with Crippen LogP contribution in [0.25, 0.3) is 0 Å². The molecule has 0 amide bonds. The third-order valence-corrected chi connectivity index (χ3v) is 3.04. The molecule has 0 bridgehead atoms. The molecule has 0 aliphatic rings. The van der Waals surface area contributed by atoms with Crippen molar-refractivity contribution in [2.75, 3.05) is 20.3 Å². The third-order valence-electron chi connectivity index (χ3n) is 3.04. The van der Waals surface area contributed by atoms with Gasteiger partial charge in [0.05, 0.1) is 18.2 Å². The lowest BCUT2D eigenvalue weighted by molar-refractivity contribution is 0.0969. The van der Waals surface area contributed by atoms with Gasteiger partial charge >= 0.3 is 0 Å². The van der Waals surface area contributed by atoms with Crippen molar-refractivity contribution in [1.29, 1.82) is 0 Å². The first-order valence-corrected chi connectivity index (χ1v) is 6.10. The Hall–Kier alpha value is -0.900. The highest BCUT2D eigenvalue weighted by Gasteiger charge is 2.26. The summed E-state index contributed by atoms with van der Waals surface area (Å²) in [6.07, 6.45) is 0.445. The number of rotatable bonds is 7. The van der Waals surface area contributed by atoms with Gasteiger partial charge in [0.2, 0.25) is 0 Å². The van der Waals surface area contributed by atoms with E-state index in [1.807, 2.05) is 25.1 Å². The van der Waals surface area contributed by atoms with Crippen molar-refractivity contribution in [3.05, 3.63) is 35.9 Å². The Morgan fingerprint density at radius 2 is 2.00 bits per heavy atom. The molecule has 1 rings (SSSR count). The van der Waals surface area contributed by atoms with E-state index in [1.54, 1.807) is 7.11 Å². The summed E-state index contributed by atoms with van der Waals surface area (Å²) < 4.78 is 5.28. The minimum absolute atomic E-state index is 0.258. The zero-order valence-corrected chi connectivity index (χ0v) is 10.9. The average molecular weight is 237 g/mol. The molecule has 0 fully saturated rings. The number of aliphatic hydroxyl groups is 1. The fourth-order valence-corrected chi connectivity index (χ4v) is 1.82. The minimum atomic E-state index is -0.310. The van der Waals surface area contributed by atoms with Crippen molar-refractivity contribution in [1.82, 2.24) is 5.32 Å². The highest BCUT2D eigenvalue weighted by atomic mass is 16.5. The van der Waals surface area contributed by atoms with E-state index in [2.05, 4.69) is 24.4 Å². The van der Waals surface area contributed by atoms with Crippen molar-refractivity contribution >= 4 is 0 Å². The van der Waals surface area contributed by atoms with Gasteiger partial charge < -0.3 is 15.2 Å². The lowest BCUT2D eigenvalue weighted by Gasteiger charge is -2.31. The van der Waals surface area contributed by atoms with Gasteiger partial charge in [0.25, 0.3) is 0 Å². The van der Waals surface area contributed by atoms with Crippen molar-refractivity contribution in [3.8, 4) is 0 Å². The van der Waals surface area contributed by atoms with Crippen LogP contribution in [-0.4, -0.2) is 31.5 Å². The molecule has 3 heteroatoms. The Kier molecular flexibility index (Phi) is 5.62. The van der Waals surface area contributed by atoms with Crippen LogP contribution in [0.15, 0.2) is 30.3 Å². The molecule has 0 spiro atoms. The van der Waals surface area contributed by atoms with Crippen molar-refractivity contribution in [3.63, 3.8) is 0 Å². The number of ether oxygens (including phenoxy) is 1. The normalized spacial score (nSPS) is 16.5. The average Bonchev–Trinajstić information content (AvgIpc) is 2.37. The van der Waals surface area contributed by atoms with Gasteiger partial charge in [-0.3, -0.25) is 0 Å². The summed E-state index contributed by atoms with van der Waals surface area (Å²) in [5.74, 6) is 0. The molecule has 96 valence electrons. The van der Waals surface area contributed by atoms with E-state index >= 15 is 0 Å². The number of benzene rings is 1. The van der Waals surface area contributed by atoms with Crippen LogP contribution in [0.3, 0.4) is 0 Å². The molecule has 0 aliphatic heterocycles. The molecule has 2 atom stereocenters. The zero-order chi connectivity index (χ0) is 12.7. The summed E-state index contributed by atoms with van der Waals surface area (Å²) >= 11 is 0. The lowest BCUT2D eigenvalue weighted by Crippen LogP contribution is -2.46. The zero-order valence-electron chi connectivity index (χ0n) is 10.9. The largest absolute Gasteiger partial charge is 0.392 e. The Morgan fingerprint density at radius 3 is 2.53 bits per heavy atom. The van der Waals surface area contributed by atoms with Crippen LogP contribution in [-0.2, 0) is 10.3 Å². The number of methoxy groups -OCH3 is 1. The maximum atomic E-state index is 9.63. The quantitative estimate of drug-likeness (QED) is 0.761. The fraction of sp³-hybridized carbons (Fsp3) is 0.571. The van der Waals surface area contributed by atoms with Crippen LogP contribution in [0.4, 0.5) is 0 Å². The highest BCUT2D eigenvalue weighted by molar-refractivity contribution is 5.23. The molecule has 0 aliphatic carbocycles. The van der Waals surface area contributed by atoms with Gasteiger partial charge in [0, 0.05) is 13.7 Å². The first-order valence-electron chi connectivity index (χ1n) is 6.10. The molecule has 0 saturated heterocycles. The second kappa shape index (κ2) is 6.74. The Morgan fingerprint density at radius 1 is 1.35 bits per heavy atom. The predicted molar refractivity (Wildman–Crippen MR) is 70.0 cm³/mol. The molecule has 1 aromatic carbocycles. The molecule has 0 saturated carbocycles. The second-order valence-corrected chi connectivity index (χ2v) is 4.57. The molecule has 2 N–H and O–H groups in total. The molecule has 17 heavy (non-hydrogen) atoms. The topological polar surface area (TPSA) is 41.5 Å². The molecule has 0 heterocycles. The molecule has 0 aromatic heterocycles. The standard InChI is InChI=1S/C14H23NO2/c1-4-13(16)10-15-14(2,11-17-3)12-8-6-5-7-9-12/h5-9,13,15-16H,4,10-11H2,1-3H3/t13-,14?/m1/s1. The number of nitrogens with one attached hydrogen (secondary N) is 1. The van der Waals surface area contributed by atoms with E-state index in [9.17, 15) is 5.11 Å². The maximum absolute atomic E-state index is 9.63. The van der Waals surface area contributed by atoms with Gasteiger partial charge in [0.15, 0.2) is 0 Å². The first-order chi connectivity index (χ1) is 8.12. The molecular formula is C14H23NO2. The molecule has 1 unspecified atom stereocenters. The van der Waals surface area contributed by atoms with Crippen molar-refractivity contribution in [2.45, 2.75) is 31.9 Å². The molecule has 0 radical (unpaired) electrons. The first kappa shape index (κ1) is 14.2. The van der Waals surface area contributed by atoms with E-state index in [-0.39, 0.29) is 11.6 Å². The number of hydrogen-bond acceptors (Lipinski definition) is 3. The van der Waals surface area contributed by atoms with Gasteiger partial charge in [0.1, 0.15) is 0 Å². The van der Waals surface area contributed by atoms with E-state index < -0.39 is 0 Å². The van der Waals surface area contributed by atoms with Crippen LogP contribution >= 0.6 is 0 Å². The molecule has 1 aromatic rings. The van der Waals surface area contributed by atoms with Gasteiger partial charge in [-0.05, 0) is 18.9 Å². The van der Waals surface area contributed by atoms with E-state index in [0.717, 1.165) is 6.42 Å². The minimum Gasteiger partial charge on any atom is -0.392 e. The Bertz CT molecular complexity index is 315. The number of hydrogen-bond donors (Lipinski definition) is 2. The molecule has 3 nitrogen and oxygen atoms in total. The van der Waals surface area contributed by atoms with E-state index in [0.29, 0.717) is 13.2 Å². The van der Waals surface area contributed by atoms with E-state index in [1.165, 1.54) is 5.56 Å². The Labute approximate surface area is 104 Å². The maximum Gasteiger partial charge on any atom is 0.0683 e. The summed E-state index contributed by atoms with van der Waals surface area (Å²) in [6, 6.07) is 10.2. The van der Waals surface area contributed by atoms with E-state index in [4.69, 9.17) is 4.74 Å². The summed E-state index contributed by atoms with van der Waals surface area (Å²) in [5.41, 5.74) is 0.914. The second-order valence-electron chi connectivity index (χ2n) is 4.57. The van der Waals surface area contributed by atoms with Crippen molar-refractivity contribution in [2.24, 2.45) is 0 Å². The summed E-state index contributed by atoms with van der Waals surface area (Å²) in [6.45, 7) is 5.22. The van der Waals surface area contributed by atoms with Crippen LogP contribution < -0.4 is 5.32 Å². The van der Waals surface area contributed by atoms with Crippen LogP contribution in [0, 0.1) is 0 Å². The smallest absolute Gasteiger partial charge is 0.0683 e. The SMILES string of the molecule is CC[C@@H](O)CNC(C)(COC)c1ccccc1.